The number of anilines is 1. The summed E-state index contributed by atoms with van der Waals surface area (Å²) in [6.45, 7) is 11.5. The number of benzene rings is 2. The summed E-state index contributed by atoms with van der Waals surface area (Å²) in [5, 5.41) is 4.90. The van der Waals surface area contributed by atoms with Crippen LogP contribution in [0.5, 0.6) is 5.75 Å². The number of alkyl halides is 3. The molecule has 12 heteroatoms. The fourth-order valence-electron chi connectivity index (χ4n) is 6.83. The molecule has 0 N–H and O–H groups in total. The molecule has 3 aromatic rings. The summed E-state index contributed by atoms with van der Waals surface area (Å²) in [6.07, 6.45) is -1.71. The first-order valence-corrected chi connectivity index (χ1v) is 16.3. The summed E-state index contributed by atoms with van der Waals surface area (Å²) < 4.78 is 53.1. The molecule has 0 aliphatic carbocycles. The molecular weight excluding hydrogens is 611 g/mol. The zero-order valence-corrected chi connectivity index (χ0v) is 27.4. The Morgan fingerprint density at radius 1 is 1.02 bits per heavy atom. The molecule has 3 aliphatic rings. The van der Waals surface area contributed by atoms with Crippen LogP contribution in [0.25, 0.3) is 11.3 Å². The van der Waals surface area contributed by atoms with E-state index < -0.39 is 23.4 Å². The van der Waals surface area contributed by atoms with Gasteiger partial charge in [-0.25, -0.2) is 4.79 Å². The first-order valence-electron chi connectivity index (χ1n) is 16.3. The van der Waals surface area contributed by atoms with Crippen molar-refractivity contribution in [1.29, 1.82) is 0 Å². The number of fused-ring (bicyclic) bond motifs is 2. The van der Waals surface area contributed by atoms with Crippen LogP contribution in [-0.4, -0.2) is 76.0 Å². The molecule has 0 bridgehead atoms. The van der Waals surface area contributed by atoms with Crippen LogP contribution in [0.15, 0.2) is 42.5 Å². The largest absolute Gasteiger partial charge is 0.482 e. The van der Waals surface area contributed by atoms with Crippen LogP contribution in [0.2, 0.25) is 0 Å². The second-order valence-electron chi connectivity index (χ2n) is 13.6. The fraction of sp³-hybridized carbons (Fsp3) is 0.514. The van der Waals surface area contributed by atoms with Crippen LogP contribution in [0.3, 0.4) is 0 Å². The molecule has 1 aromatic heterocycles. The highest BCUT2D eigenvalue weighted by Crippen LogP contribution is 2.38. The average molecular weight is 654 g/mol. The van der Waals surface area contributed by atoms with E-state index in [1.54, 1.807) is 4.90 Å². The maximum Gasteiger partial charge on any atom is 0.416 e. The second kappa shape index (κ2) is 12.9. The SMILES string of the molecule is Cc1cccc2c1N(C1CCN(CCCn3nc(-c4ccc(C(F)(F)F)cc4)c4c3CCN(C(=O)OC(C)(C)C)C4)CC1)C(=O)CO2. The lowest BCUT2D eigenvalue weighted by molar-refractivity contribution is -0.137. The van der Waals surface area contributed by atoms with Gasteiger partial charge in [0.15, 0.2) is 6.61 Å². The number of likely N-dealkylation sites (tertiary alicyclic amines) is 1. The van der Waals surface area contributed by atoms with Crippen LogP contribution in [0.1, 0.15) is 62.4 Å². The topological polar surface area (TPSA) is 80.1 Å². The summed E-state index contributed by atoms with van der Waals surface area (Å²) in [5.74, 6) is 0.766. The Kier molecular flexibility index (Phi) is 8.99. The number of hydrogen-bond acceptors (Lipinski definition) is 6. The molecule has 4 heterocycles. The third-order valence-corrected chi connectivity index (χ3v) is 9.10. The van der Waals surface area contributed by atoms with Gasteiger partial charge in [-0.15, -0.1) is 0 Å². The molecule has 2 amide bonds. The average Bonchev–Trinajstić information content (AvgIpc) is 3.38. The van der Waals surface area contributed by atoms with Gasteiger partial charge in [0.2, 0.25) is 0 Å². The van der Waals surface area contributed by atoms with Crippen molar-refractivity contribution < 1.29 is 32.2 Å². The van der Waals surface area contributed by atoms with Crippen molar-refractivity contribution >= 4 is 17.7 Å². The smallest absolute Gasteiger partial charge is 0.416 e. The second-order valence-corrected chi connectivity index (χ2v) is 13.6. The van der Waals surface area contributed by atoms with Gasteiger partial charge in [0, 0.05) is 55.5 Å². The number of hydrogen-bond donors (Lipinski definition) is 0. The summed E-state index contributed by atoms with van der Waals surface area (Å²) in [5.41, 5.74) is 3.57. The molecule has 2 aromatic carbocycles. The number of aryl methyl sites for hydroxylation is 2. The van der Waals surface area contributed by atoms with E-state index in [4.69, 9.17) is 14.6 Å². The summed E-state index contributed by atoms with van der Waals surface area (Å²) >= 11 is 0. The Hall–Kier alpha value is -4.06. The number of piperidine rings is 1. The number of aromatic nitrogens is 2. The molecule has 0 saturated carbocycles. The summed E-state index contributed by atoms with van der Waals surface area (Å²) in [6, 6.07) is 11.0. The minimum atomic E-state index is -4.43. The highest BCUT2D eigenvalue weighted by Gasteiger charge is 2.35. The van der Waals surface area contributed by atoms with Crippen LogP contribution >= 0.6 is 0 Å². The van der Waals surface area contributed by atoms with Gasteiger partial charge >= 0.3 is 12.3 Å². The van der Waals surface area contributed by atoms with Gasteiger partial charge in [0.25, 0.3) is 5.91 Å². The number of carbonyl (C=O) groups is 2. The number of amides is 2. The maximum atomic E-state index is 13.3. The monoisotopic (exact) mass is 653 g/mol. The highest BCUT2D eigenvalue weighted by molar-refractivity contribution is 5.99. The highest BCUT2D eigenvalue weighted by atomic mass is 19.4. The van der Waals surface area contributed by atoms with Gasteiger partial charge in [-0.05, 0) is 77.3 Å². The van der Waals surface area contributed by atoms with Gasteiger partial charge in [-0.2, -0.15) is 18.3 Å². The van der Waals surface area contributed by atoms with Gasteiger partial charge in [0.1, 0.15) is 11.4 Å². The Morgan fingerprint density at radius 2 is 1.74 bits per heavy atom. The van der Waals surface area contributed by atoms with Crippen molar-refractivity contribution in [1.82, 2.24) is 19.6 Å². The number of ether oxygens (including phenoxy) is 2. The van der Waals surface area contributed by atoms with Crippen LogP contribution in [-0.2, 0) is 35.2 Å². The normalized spacial score (nSPS) is 17.7. The minimum Gasteiger partial charge on any atom is -0.482 e. The third-order valence-electron chi connectivity index (χ3n) is 9.10. The van der Waals surface area contributed by atoms with Gasteiger partial charge < -0.3 is 24.2 Å². The molecule has 0 unspecified atom stereocenters. The van der Waals surface area contributed by atoms with Crippen molar-refractivity contribution in [3.05, 3.63) is 64.8 Å². The molecule has 0 radical (unpaired) electrons. The maximum absolute atomic E-state index is 13.3. The van der Waals surface area contributed by atoms with E-state index in [0.717, 1.165) is 79.3 Å². The summed E-state index contributed by atoms with van der Waals surface area (Å²) in [4.78, 5) is 31.8. The van der Waals surface area contributed by atoms with Crippen LogP contribution in [0, 0.1) is 6.92 Å². The zero-order chi connectivity index (χ0) is 33.5. The molecule has 6 rings (SSSR count). The zero-order valence-electron chi connectivity index (χ0n) is 27.4. The number of para-hydroxylation sites is 1. The van der Waals surface area contributed by atoms with Crippen molar-refractivity contribution in [2.45, 2.75) is 84.3 Å². The first kappa shape index (κ1) is 32.9. The van der Waals surface area contributed by atoms with E-state index in [2.05, 4.69) is 4.90 Å². The van der Waals surface area contributed by atoms with Gasteiger partial charge in [0.05, 0.1) is 23.5 Å². The molecule has 1 fully saturated rings. The van der Waals surface area contributed by atoms with Crippen molar-refractivity contribution in [2.24, 2.45) is 0 Å². The van der Waals surface area contributed by atoms with E-state index in [9.17, 15) is 22.8 Å². The van der Waals surface area contributed by atoms with Gasteiger partial charge in [-0.1, -0.05) is 24.3 Å². The van der Waals surface area contributed by atoms with Crippen LogP contribution < -0.4 is 9.64 Å². The van der Waals surface area contributed by atoms with Crippen molar-refractivity contribution in [3.8, 4) is 17.0 Å². The lowest BCUT2D eigenvalue weighted by Crippen LogP contribution is -2.51. The predicted octanol–water partition coefficient (Wildman–Crippen LogP) is 6.45. The first-order chi connectivity index (χ1) is 22.3. The molecule has 0 spiro atoms. The van der Waals surface area contributed by atoms with Gasteiger partial charge in [-0.3, -0.25) is 9.48 Å². The Bertz CT molecular complexity index is 1620. The molecule has 1 saturated heterocycles. The number of halogens is 3. The van der Waals surface area contributed by atoms with E-state index in [-0.39, 0.29) is 25.1 Å². The van der Waals surface area contributed by atoms with E-state index in [1.165, 1.54) is 12.1 Å². The lowest BCUT2D eigenvalue weighted by Gasteiger charge is -2.41. The standard InChI is InChI=1S/C35H42F3N5O4/c1-23-7-5-8-29-32(23)43(30(44)22-46-29)26-13-18-40(19-14-26)16-6-17-42-28-15-20-41(33(45)47-34(2,3)4)21-27(28)31(39-42)24-9-11-25(12-10-24)35(36,37)38/h5,7-12,26H,6,13-22H2,1-4H3. The molecular formula is C35H42F3N5O4. The summed E-state index contributed by atoms with van der Waals surface area (Å²) in [7, 11) is 0. The number of nitrogens with zero attached hydrogens (tertiary/aromatic N) is 5. The van der Waals surface area contributed by atoms with E-state index in [1.807, 2.05) is 55.5 Å². The molecule has 9 nitrogen and oxygen atoms in total. The van der Waals surface area contributed by atoms with Crippen LogP contribution in [0.4, 0.5) is 23.7 Å². The molecule has 47 heavy (non-hydrogen) atoms. The minimum absolute atomic E-state index is 0.00258. The van der Waals surface area contributed by atoms with Crippen molar-refractivity contribution in [3.63, 3.8) is 0 Å². The van der Waals surface area contributed by atoms with Crippen molar-refractivity contribution in [2.75, 3.05) is 37.7 Å². The molecule has 252 valence electrons. The van der Waals surface area contributed by atoms with E-state index in [0.29, 0.717) is 30.8 Å². The Morgan fingerprint density at radius 3 is 2.43 bits per heavy atom. The molecule has 0 atom stereocenters. The number of carbonyl (C=O) groups excluding carboxylic acids is 2. The van der Waals surface area contributed by atoms with E-state index >= 15 is 0 Å². The molecule has 3 aliphatic heterocycles. The quantitative estimate of drug-likeness (QED) is 0.304. The lowest BCUT2D eigenvalue weighted by atomic mass is 9.99. The Balaban J connectivity index is 1.13. The Labute approximate surface area is 273 Å². The third kappa shape index (κ3) is 7.12. The predicted molar refractivity (Wildman–Crippen MR) is 171 cm³/mol. The fourth-order valence-corrected chi connectivity index (χ4v) is 6.83. The number of rotatable bonds is 6.